The van der Waals surface area contributed by atoms with Crippen LogP contribution in [0.15, 0.2) is 28.5 Å². The van der Waals surface area contributed by atoms with Gasteiger partial charge in [-0.15, -0.1) is 11.3 Å². The van der Waals surface area contributed by atoms with Crippen molar-refractivity contribution >= 4 is 27.0 Å². The molecule has 2 aromatic rings. The third-order valence-corrected chi connectivity index (χ3v) is 5.59. The molecule has 20 heavy (non-hydrogen) atoms. The molecular weight excluding hydrogens is 296 g/mol. The van der Waals surface area contributed by atoms with E-state index in [-0.39, 0.29) is 9.96 Å². The van der Waals surface area contributed by atoms with E-state index in [0.29, 0.717) is 21.7 Å². The van der Waals surface area contributed by atoms with E-state index in [1.54, 1.807) is 19.9 Å². The van der Waals surface area contributed by atoms with Crippen LogP contribution >= 0.6 is 11.3 Å². The molecule has 0 unspecified atom stereocenters. The number of phenols is 1. The Kier molecular flexibility index (Phi) is 3.70. The van der Waals surface area contributed by atoms with Crippen molar-refractivity contribution in [1.29, 1.82) is 5.26 Å². The van der Waals surface area contributed by atoms with Gasteiger partial charge < -0.3 is 5.11 Å². The molecule has 7 heteroatoms. The zero-order chi connectivity index (χ0) is 14.9. The number of hydrogen-bond donors (Lipinski definition) is 2. The minimum absolute atomic E-state index is 0.0826. The Hall–Kier alpha value is -2.04. The maximum atomic E-state index is 12.2. The fraction of sp³-hybridized carbons (Fsp3) is 0.154. The van der Waals surface area contributed by atoms with E-state index in [0.717, 1.165) is 11.3 Å². The summed E-state index contributed by atoms with van der Waals surface area (Å²) >= 11 is 0.911. The summed E-state index contributed by atoms with van der Waals surface area (Å²) in [6.45, 7) is 3.39. The SMILES string of the molecule is Cc1cc(NS(=O)(=O)c2ccc(C#N)s2)c(C)cc1O. The van der Waals surface area contributed by atoms with Crippen molar-refractivity contribution in [2.75, 3.05) is 4.72 Å². The number of anilines is 1. The summed E-state index contributed by atoms with van der Waals surface area (Å²) in [4.78, 5) is 0.337. The van der Waals surface area contributed by atoms with Gasteiger partial charge in [0, 0.05) is 0 Å². The van der Waals surface area contributed by atoms with Crippen molar-refractivity contribution < 1.29 is 13.5 Å². The molecule has 2 N–H and O–H groups in total. The van der Waals surface area contributed by atoms with Crippen LogP contribution in [0, 0.1) is 25.2 Å². The molecule has 104 valence electrons. The van der Waals surface area contributed by atoms with Crippen LogP contribution in [0.25, 0.3) is 0 Å². The highest BCUT2D eigenvalue weighted by molar-refractivity contribution is 7.94. The number of aryl methyl sites for hydroxylation is 2. The van der Waals surface area contributed by atoms with Gasteiger partial charge in [0.2, 0.25) is 0 Å². The maximum Gasteiger partial charge on any atom is 0.271 e. The lowest BCUT2D eigenvalue weighted by Crippen LogP contribution is -2.12. The number of nitrogens with one attached hydrogen (secondary N) is 1. The van der Waals surface area contributed by atoms with Gasteiger partial charge in [-0.25, -0.2) is 8.42 Å². The van der Waals surface area contributed by atoms with E-state index in [9.17, 15) is 13.5 Å². The maximum absolute atomic E-state index is 12.2. The second-order valence-electron chi connectivity index (χ2n) is 4.29. The van der Waals surface area contributed by atoms with Gasteiger partial charge in [-0.1, -0.05) is 0 Å². The summed E-state index contributed by atoms with van der Waals surface area (Å²) in [7, 11) is -3.72. The van der Waals surface area contributed by atoms with Gasteiger partial charge in [0.25, 0.3) is 10.0 Å². The third-order valence-electron chi connectivity index (χ3n) is 2.74. The summed E-state index contributed by atoms with van der Waals surface area (Å²) in [5.41, 5.74) is 1.61. The molecule has 0 bridgehead atoms. The first-order chi connectivity index (χ1) is 9.33. The molecule has 0 aliphatic heterocycles. The van der Waals surface area contributed by atoms with Gasteiger partial charge >= 0.3 is 0 Å². The fourth-order valence-electron chi connectivity index (χ4n) is 1.63. The average molecular weight is 308 g/mol. The van der Waals surface area contributed by atoms with E-state index >= 15 is 0 Å². The molecule has 2 rings (SSSR count). The van der Waals surface area contributed by atoms with Gasteiger partial charge in [-0.2, -0.15) is 5.26 Å². The Balaban J connectivity index is 2.38. The minimum atomic E-state index is -3.72. The third kappa shape index (κ3) is 2.76. The molecule has 5 nitrogen and oxygen atoms in total. The van der Waals surface area contributed by atoms with E-state index < -0.39 is 10.0 Å². The lowest BCUT2D eigenvalue weighted by Gasteiger charge is -2.11. The highest BCUT2D eigenvalue weighted by atomic mass is 32.2. The molecule has 1 aromatic heterocycles. The van der Waals surface area contributed by atoms with E-state index in [1.807, 2.05) is 6.07 Å². The molecule has 0 aliphatic carbocycles. The topological polar surface area (TPSA) is 90.2 Å². The molecule has 0 spiro atoms. The summed E-state index contributed by atoms with van der Waals surface area (Å²) in [5.74, 6) is 0.119. The van der Waals surface area contributed by atoms with Crippen molar-refractivity contribution in [2.24, 2.45) is 0 Å². The normalized spacial score (nSPS) is 11.1. The minimum Gasteiger partial charge on any atom is -0.508 e. The molecule has 0 atom stereocenters. The van der Waals surface area contributed by atoms with Crippen molar-refractivity contribution in [1.82, 2.24) is 0 Å². The molecule has 0 radical (unpaired) electrons. The Bertz CT molecular complexity index is 802. The van der Waals surface area contributed by atoms with E-state index in [4.69, 9.17) is 5.26 Å². The quantitative estimate of drug-likeness (QED) is 0.853. The number of rotatable bonds is 3. The second kappa shape index (κ2) is 5.15. The largest absolute Gasteiger partial charge is 0.508 e. The van der Waals surface area contributed by atoms with Gasteiger partial charge in [0.1, 0.15) is 20.9 Å². The van der Waals surface area contributed by atoms with Crippen LogP contribution in [0.1, 0.15) is 16.0 Å². The number of nitrogens with zero attached hydrogens (tertiary/aromatic N) is 1. The number of nitriles is 1. The first-order valence-corrected chi connectivity index (χ1v) is 7.96. The molecule has 0 fully saturated rings. The van der Waals surface area contributed by atoms with Crippen molar-refractivity contribution in [2.45, 2.75) is 18.1 Å². The highest BCUT2D eigenvalue weighted by Crippen LogP contribution is 2.28. The highest BCUT2D eigenvalue weighted by Gasteiger charge is 2.18. The van der Waals surface area contributed by atoms with Gasteiger partial charge in [0.15, 0.2) is 0 Å². The number of thiophene rings is 1. The van der Waals surface area contributed by atoms with Crippen LogP contribution in [0.3, 0.4) is 0 Å². The van der Waals surface area contributed by atoms with Crippen LogP contribution in [-0.4, -0.2) is 13.5 Å². The van der Waals surface area contributed by atoms with Crippen LogP contribution in [0.2, 0.25) is 0 Å². The Morgan fingerprint density at radius 2 is 1.95 bits per heavy atom. The molecule has 0 aliphatic rings. The first kappa shape index (κ1) is 14.4. The van der Waals surface area contributed by atoms with Gasteiger partial charge in [-0.3, -0.25) is 4.72 Å². The molecule has 0 saturated heterocycles. The number of benzene rings is 1. The summed E-state index contributed by atoms with van der Waals surface area (Å²) in [6.07, 6.45) is 0. The average Bonchev–Trinajstić information content (AvgIpc) is 2.85. The standard InChI is InChI=1S/C13H12N2O3S2/c1-8-6-12(16)9(2)5-11(8)15-20(17,18)13-4-3-10(7-14)19-13/h3-6,15-16H,1-2H3. The molecule has 0 amide bonds. The van der Waals surface area contributed by atoms with Crippen LogP contribution in [-0.2, 0) is 10.0 Å². The van der Waals surface area contributed by atoms with Crippen molar-refractivity contribution in [3.8, 4) is 11.8 Å². The summed E-state index contributed by atoms with van der Waals surface area (Å²) in [6, 6.07) is 7.84. The molecule has 1 heterocycles. The zero-order valence-corrected chi connectivity index (χ0v) is 12.5. The smallest absolute Gasteiger partial charge is 0.271 e. The van der Waals surface area contributed by atoms with Crippen LogP contribution < -0.4 is 4.72 Å². The second-order valence-corrected chi connectivity index (χ2v) is 7.28. The molecule has 1 aromatic carbocycles. The van der Waals surface area contributed by atoms with Crippen molar-refractivity contribution in [3.63, 3.8) is 0 Å². The molecule has 0 saturated carbocycles. The van der Waals surface area contributed by atoms with Crippen LogP contribution in [0.5, 0.6) is 5.75 Å². The Morgan fingerprint density at radius 1 is 1.25 bits per heavy atom. The Labute approximate surface area is 121 Å². The lowest BCUT2D eigenvalue weighted by molar-refractivity contribution is 0.471. The first-order valence-electron chi connectivity index (χ1n) is 5.66. The number of phenolic OH excluding ortho intramolecular Hbond substituents is 1. The molecular formula is C13H12N2O3S2. The number of sulfonamides is 1. The predicted molar refractivity (Wildman–Crippen MR) is 77.4 cm³/mol. The summed E-state index contributed by atoms with van der Waals surface area (Å²) < 4.78 is 27.0. The van der Waals surface area contributed by atoms with E-state index in [1.165, 1.54) is 18.2 Å². The summed E-state index contributed by atoms with van der Waals surface area (Å²) in [5, 5.41) is 18.3. The van der Waals surface area contributed by atoms with Gasteiger partial charge in [-0.05, 0) is 49.2 Å². The Morgan fingerprint density at radius 3 is 2.55 bits per heavy atom. The predicted octanol–water partition coefficient (Wildman–Crippen LogP) is 2.74. The number of hydrogen-bond acceptors (Lipinski definition) is 5. The van der Waals surface area contributed by atoms with Crippen LogP contribution in [0.4, 0.5) is 5.69 Å². The zero-order valence-electron chi connectivity index (χ0n) is 10.8. The number of aromatic hydroxyl groups is 1. The monoisotopic (exact) mass is 308 g/mol. The fourth-order valence-corrected chi connectivity index (χ4v) is 3.86. The van der Waals surface area contributed by atoms with Crippen molar-refractivity contribution in [3.05, 3.63) is 40.3 Å². The van der Waals surface area contributed by atoms with Gasteiger partial charge in [0.05, 0.1) is 5.69 Å². The lowest BCUT2D eigenvalue weighted by atomic mass is 10.1. The van der Waals surface area contributed by atoms with E-state index in [2.05, 4.69) is 4.72 Å².